The summed E-state index contributed by atoms with van der Waals surface area (Å²) in [6, 6.07) is 17.2. The first kappa shape index (κ1) is 12.0. The highest BCUT2D eigenvalue weighted by molar-refractivity contribution is 5.85. The third-order valence-electron chi connectivity index (χ3n) is 3.43. The first-order valence-corrected chi connectivity index (χ1v) is 6.63. The van der Waals surface area contributed by atoms with Crippen LogP contribution < -0.4 is 5.32 Å². The molecule has 3 rings (SSSR count). The predicted molar refractivity (Wildman–Crippen MR) is 80.2 cm³/mol. The van der Waals surface area contributed by atoms with Crippen molar-refractivity contribution in [2.24, 2.45) is 0 Å². The molecule has 0 spiro atoms. The third-order valence-corrected chi connectivity index (χ3v) is 3.43. The van der Waals surface area contributed by atoms with Crippen molar-refractivity contribution in [1.29, 1.82) is 0 Å². The van der Waals surface area contributed by atoms with Crippen molar-refractivity contribution in [2.45, 2.75) is 13.1 Å². The van der Waals surface area contributed by atoms with E-state index < -0.39 is 0 Å². The molecule has 0 aliphatic heterocycles. The zero-order chi connectivity index (χ0) is 13.1. The van der Waals surface area contributed by atoms with Crippen LogP contribution in [0.25, 0.3) is 10.8 Å². The minimum Gasteiger partial charge on any atom is -0.350 e. The largest absolute Gasteiger partial charge is 0.350 e. The van der Waals surface area contributed by atoms with Gasteiger partial charge in [-0.1, -0.05) is 42.5 Å². The molecule has 96 valence electrons. The van der Waals surface area contributed by atoms with E-state index in [2.05, 4.69) is 70.8 Å². The summed E-state index contributed by atoms with van der Waals surface area (Å²) in [5.41, 5.74) is 2.69. The summed E-state index contributed by atoms with van der Waals surface area (Å²) in [6.07, 6.45) is 4.35. The number of hydrogen-bond donors (Lipinski definition) is 1. The minimum atomic E-state index is 0.919. The van der Waals surface area contributed by atoms with Crippen LogP contribution in [0, 0.1) is 0 Å². The van der Waals surface area contributed by atoms with Gasteiger partial charge in [-0.3, -0.25) is 0 Å². The molecule has 0 unspecified atom stereocenters. The van der Waals surface area contributed by atoms with E-state index >= 15 is 0 Å². The van der Waals surface area contributed by atoms with Crippen molar-refractivity contribution in [3.8, 4) is 0 Å². The van der Waals surface area contributed by atoms with Crippen LogP contribution in [0.1, 0.15) is 11.1 Å². The average Bonchev–Trinajstić information content (AvgIpc) is 2.87. The van der Waals surface area contributed by atoms with Crippen LogP contribution in [-0.4, -0.2) is 11.6 Å². The molecule has 1 heterocycles. The molecular formula is C17H18N2. The number of aromatic nitrogens is 1. The van der Waals surface area contributed by atoms with Crippen LogP contribution in [0.4, 0.5) is 0 Å². The van der Waals surface area contributed by atoms with Gasteiger partial charge in [-0.15, -0.1) is 0 Å². The van der Waals surface area contributed by atoms with Crippen molar-refractivity contribution in [3.63, 3.8) is 0 Å². The number of rotatable bonds is 4. The Balaban J connectivity index is 1.92. The maximum atomic E-state index is 3.18. The van der Waals surface area contributed by atoms with E-state index in [1.165, 1.54) is 21.9 Å². The minimum absolute atomic E-state index is 0.919. The van der Waals surface area contributed by atoms with E-state index in [0.29, 0.717) is 0 Å². The second-order valence-corrected chi connectivity index (χ2v) is 4.86. The van der Waals surface area contributed by atoms with Crippen LogP contribution in [0.3, 0.4) is 0 Å². The van der Waals surface area contributed by atoms with E-state index in [0.717, 1.165) is 13.1 Å². The van der Waals surface area contributed by atoms with Gasteiger partial charge in [-0.25, -0.2) is 0 Å². The lowest BCUT2D eigenvalue weighted by atomic mass is 10.0. The summed E-state index contributed by atoms with van der Waals surface area (Å²) in [4.78, 5) is 0. The Kier molecular flexibility index (Phi) is 3.34. The quantitative estimate of drug-likeness (QED) is 0.751. The maximum absolute atomic E-state index is 3.18. The van der Waals surface area contributed by atoms with Crippen molar-refractivity contribution >= 4 is 10.8 Å². The summed E-state index contributed by atoms with van der Waals surface area (Å²) in [6.45, 7) is 1.84. The lowest BCUT2D eigenvalue weighted by molar-refractivity contribution is 0.786. The lowest BCUT2D eigenvalue weighted by Gasteiger charge is -2.07. The molecule has 0 fully saturated rings. The molecule has 1 N–H and O–H groups in total. The van der Waals surface area contributed by atoms with Crippen LogP contribution >= 0.6 is 0 Å². The molecule has 3 aromatic rings. The molecule has 19 heavy (non-hydrogen) atoms. The molecular weight excluding hydrogens is 232 g/mol. The Bertz CT molecular complexity index is 677. The van der Waals surface area contributed by atoms with Crippen LogP contribution in [0.15, 0.2) is 60.9 Å². The van der Waals surface area contributed by atoms with E-state index in [4.69, 9.17) is 0 Å². The molecule has 0 radical (unpaired) electrons. The SMILES string of the molecule is CNCc1ccn(Cc2cccc3ccccc23)c1. The van der Waals surface area contributed by atoms with Crippen LogP contribution in [0.2, 0.25) is 0 Å². The van der Waals surface area contributed by atoms with E-state index in [1.54, 1.807) is 0 Å². The highest BCUT2D eigenvalue weighted by atomic mass is 14.9. The number of benzene rings is 2. The monoisotopic (exact) mass is 250 g/mol. The highest BCUT2D eigenvalue weighted by Crippen LogP contribution is 2.19. The Morgan fingerprint density at radius 1 is 1.00 bits per heavy atom. The van der Waals surface area contributed by atoms with Crippen molar-refractivity contribution in [1.82, 2.24) is 9.88 Å². The number of nitrogens with one attached hydrogen (secondary N) is 1. The van der Waals surface area contributed by atoms with Crippen molar-refractivity contribution in [2.75, 3.05) is 7.05 Å². The first-order valence-electron chi connectivity index (χ1n) is 6.63. The Labute approximate surface area is 113 Å². The normalized spacial score (nSPS) is 11.0. The summed E-state index contributed by atoms with van der Waals surface area (Å²) in [5, 5.41) is 5.83. The average molecular weight is 250 g/mol. The molecule has 0 saturated carbocycles. The van der Waals surface area contributed by atoms with Gasteiger partial charge in [0.2, 0.25) is 0 Å². The molecule has 0 aliphatic carbocycles. The maximum Gasteiger partial charge on any atom is 0.0476 e. The standard InChI is InChI=1S/C17H18N2/c1-18-11-14-9-10-19(12-14)13-16-7-4-6-15-5-2-3-8-17(15)16/h2-10,12,18H,11,13H2,1H3. The Hall–Kier alpha value is -2.06. The zero-order valence-electron chi connectivity index (χ0n) is 11.1. The number of nitrogens with zero attached hydrogens (tertiary/aromatic N) is 1. The van der Waals surface area contributed by atoms with Crippen LogP contribution in [0.5, 0.6) is 0 Å². The van der Waals surface area contributed by atoms with Gasteiger partial charge >= 0.3 is 0 Å². The highest BCUT2D eigenvalue weighted by Gasteiger charge is 2.02. The Morgan fingerprint density at radius 2 is 1.84 bits per heavy atom. The van der Waals surface area contributed by atoms with Gasteiger partial charge in [0.25, 0.3) is 0 Å². The summed E-state index contributed by atoms with van der Waals surface area (Å²) in [7, 11) is 1.97. The smallest absolute Gasteiger partial charge is 0.0476 e. The Morgan fingerprint density at radius 3 is 2.74 bits per heavy atom. The summed E-state index contributed by atoms with van der Waals surface area (Å²) in [5.74, 6) is 0. The van der Waals surface area contributed by atoms with E-state index in [9.17, 15) is 0 Å². The fourth-order valence-corrected chi connectivity index (χ4v) is 2.52. The first-order chi connectivity index (χ1) is 9.36. The molecule has 0 atom stereocenters. The molecule has 0 aliphatic rings. The second-order valence-electron chi connectivity index (χ2n) is 4.86. The molecule has 2 nitrogen and oxygen atoms in total. The van der Waals surface area contributed by atoms with Gasteiger partial charge in [-0.05, 0) is 35.0 Å². The molecule has 2 aromatic carbocycles. The fraction of sp³-hybridized carbons (Fsp3) is 0.176. The summed E-state index contributed by atoms with van der Waals surface area (Å²) < 4.78 is 2.24. The van der Waals surface area contributed by atoms with Gasteiger partial charge in [0.1, 0.15) is 0 Å². The molecule has 0 bridgehead atoms. The fourth-order valence-electron chi connectivity index (χ4n) is 2.52. The van der Waals surface area contributed by atoms with Gasteiger partial charge < -0.3 is 9.88 Å². The van der Waals surface area contributed by atoms with Gasteiger partial charge in [0.05, 0.1) is 0 Å². The zero-order valence-corrected chi connectivity index (χ0v) is 11.1. The number of fused-ring (bicyclic) bond motifs is 1. The molecule has 2 heteroatoms. The van der Waals surface area contributed by atoms with E-state index in [1.807, 2.05) is 7.05 Å². The molecule has 1 aromatic heterocycles. The van der Waals surface area contributed by atoms with Gasteiger partial charge in [-0.2, -0.15) is 0 Å². The van der Waals surface area contributed by atoms with Crippen molar-refractivity contribution in [3.05, 3.63) is 72.1 Å². The van der Waals surface area contributed by atoms with Gasteiger partial charge in [0, 0.05) is 25.5 Å². The topological polar surface area (TPSA) is 17.0 Å². The number of hydrogen-bond acceptors (Lipinski definition) is 1. The van der Waals surface area contributed by atoms with Crippen molar-refractivity contribution < 1.29 is 0 Å². The van der Waals surface area contributed by atoms with E-state index in [-0.39, 0.29) is 0 Å². The predicted octanol–water partition coefficient (Wildman–Crippen LogP) is 3.41. The summed E-state index contributed by atoms with van der Waals surface area (Å²) >= 11 is 0. The third kappa shape index (κ3) is 2.54. The second kappa shape index (κ2) is 5.29. The molecule has 0 saturated heterocycles. The van der Waals surface area contributed by atoms with Gasteiger partial charge in [0.15, 0.2) is 0 Å². The molecule has 0 amide bonds. The lowest BCUT2D eigenvalue weighted by Crippen LogP contribution is -2.04. The van der Waals surface area contributed by atoms with Crippen LogP contribution in [-0.2, 0) is 13.1 Å².